The summed E-state index contributed by atoms with van der Waals surface area (Å²) in [5.41, 5.74) is 0.507. The highest BCUT2D eigenvalue weighted by Gasteiger charge is 2.32. The van der Waals surface area contributed by atoms with Gasteiger partial charge in [0.15, 0.2) is 0 Å². The van der Waals surface area contributed by atoms with Crippen LogP contribution in [0.1, 0.15) is 36.0 Å². The standard InChI is InChI=1S/C13H16ClNO2/c14-12-11(5-6-17-12)13(16)15(7-9-1-2-9)8-10-3-4-10/h5-6,9-10H,1-4,7-8H2. The molecule has 17 heavy (non-hydrogen) atoms. The van der Waals surface area contributed by atoms with Crippen molar-refractivity contribution in [1.29, 1.82) is 0 Å². The molecule has 1 aromatic rings. The second kappa shape index (κ2) is 4.37. The molecule has 0 bridgehead atoms. The van der Waals surface area contributed by atoms with Gasteiger partial charge in [-0.2, -0.15) is 0 Å². The lowest BCUT2D eigenvalue weighted by Crippen LogP contribution is -2.34. The predicted molar refractivity (Wildman–Crippen MR) is 65.1 cm³/mol. The minimum absolute atomic E-state index is 0.0301. The van der Waals surface area contributed by atoms with Gasteiger partial charge in [-0.05, 0) is 55.2 Å². The third kappa shape index (κ3) is 2.65. The van der Waals surface area contributed by atoms with E-state index in [1.54, 1.807) is 6.07 Å². The highest BCUT2D eigenvalue weighted by atomic mass is 35.5. The van der Waals surface area contributed by atoms with Crippen molar-refractivity contribution < 1.29 is 9.21 Å². The van der Waals surface area contributed by atoms with Crippen LogP contribution in [0.3, 0.4) is 0 Å². The normalized spacial score (nSPS) is 19.4. The van der Waals surface area contributed by atoms with Crippen LogP contribution < -0.4 is 0 Å². The summed E-state index contributed by atoms with van der Waals surface area (Å²) < 4.78 is 4.99. The molecule has 2 saturated carbocycles. The van der Waals surface area contributed by atoms with E-state index in [0.29, 0.717) is 17.4 Å². The molecule has 0 unspecified atom stereocenters. The number of nitrogens with zero attached hydrogens (tertiary/aromatic N) is 1. The Morgan fingerprint density at radius 2 is 1.88 bits per heavy atom. The van der Waals surface area contributed by atoms with Gasteiger partial charge in [-0.3, -0.25) is 4.79 Å². The summed E-state index contributed by atoms with van der Waals surface area (Å²) in [5.74, 6) is 1.45. The molecule has 0 aromatic carbocycles. The monoisotopic (exact) mass is 253 g/mol. The van der Waals surface area contributed by atoms with Crippen molar-refractivity contribution in [2.75, 3.05) is 13.1 Å². The van der Waals surface area contributed by atoms with Gasteiger partial charge in [0.1, 0.15) is 0 Å². The fourth-order valence-corrected chi connectivity index (χ4v) is 2.28. The summed E-state index contributed by atoms with van der Waals surface area (Å²) in [5, 5.41) is 0.214. The highest BCUT2D eigenvalue weighted by molar-refractivity contribution is 6.32. The number of carbonyl (C=O) groups excluding carboxylic acids is 1. The van der Waals surface area contributed by atoms with Crippen molar-refractivity contribution in [2.24, 2.45) is 11.8 Å². The molecular formula is C13H16ClNO2. The Labute approximate surface area is 106 Å². The minimum Gasteiger partial charge on any atom is -0.452 e. The molecule has 3 rings (SSSR count). The van der Waals surface area contributed by atoms with Crippen molar-refractivity contribution in [3.8, 4) is 0 Å². The van der Waals surface area contributed by atoms with Crippen molar-refractivity contribution >= 4 is 17.5 Å². The van der Waals surface area contributed by atoms with Gasteiger partial charge in [-0.25, -0.2) is 0 Å². The Kier molecular flexibility index (Phi) is 2.87. The number of hydrogen-bond donors (Lipinski definition) is 0. The fraction of sp³-hybridized carbons (Fsp3) is 0.615. The van der Waals surface area contributed by atoms with Crippen LogP contribution in [0, 0.1) is 11.8 Å². The van der Waals surface area contributed by atoms with Crippen molar-refractivity contribution in [3.63, 3.8) is 0 Å². The average molecular weight is 254 g/mol. The van der Waals surface area contributed by atoms with Gasteiger partial charge >= 0.3 is 0 Å². The van der Waals surface area contributed by atoms with E-state index in [9.17, 15) is 4.79 Å². The lowest BCUT2D eigenvalue weighted by Gasteiger charge is -2.22. The van der Waals surface area contributed by atoms with Crippen LogP contribution >= 0.6 is 11.6 Å². The molecule has 2 aliphatic carbocycles. The smallest absolute Gasteiger partial charge is 0.258 e. The Balaban J connectivity index is 1.71. The lowest BCUT2D eigenvalue weighted by atomic mass is 10.2. The molecule has 3 nitrogen and oxygen atoms in total. The molecule has 2 fully saturated rings. The third-order valence-electron chi connectivity index (χ3n) is 3.49. The van der Waals surface area contributed by atoms with Crippen LogP contribution in [0.15, 0.2) is 16.7 Å². The Bertz CT molecular complexity index is 407. The zero-order chi connectivity index (χ0) is 11.8. The molecule has 0 spiro atoms. The zero-order valence-corrected chi connectivity index (χ0v) is 10.4. The van der Waals surface area contributed by atoms with Crippen molar-refractivity contribution in [1.82, 2.24) is 4.90 Å². The molecule has 1 amide bonds. The third-order valence-corrected chi connectivity index (χ3v) is 3.78. The van der Waals surface area contributed by atoms with Crippen LogP contribution in [0.2, 0.25) is 5.22 Å². The molecule has 0 saturated heterocycles. The van der Waals surface area contributed by atoms with E-state index in [1.165, 1.54) is 31.9 Å². The molecular weight excluding hydrogens is 238 g/mol. The van der Waals surface area contributed by atoms with Crippen molar-refractivity contribution in [2.45, 2.75) is 25.7 Å². The summed E-state index contributed by atoms with van der Waals surface area (Å²) in [6.45, 7) is 1.77. The minimum atomic E-state index is 0.0301. The Morgan fingerprint density at radius 1 is 1.29 bits per heavy atom. The number of furan rings is 1. The summed E-state index contributed by atoms with van der Waals surface area (Å²) in [6.07, 6.45) is 6.50. The molecule has 2 aliphatic rings. The first-order valence-corrected chi connectivity index (χ1v) is 6.64. The number of hydrogen-bond acceptors (Lipinski definition) is 2. The SMILES string of the molecule is O=C(c1ccoc1Cl)N(CC1CC1)CC1CC1. The first kappa shape index (κ1) is 11.1. The molecule has 92 valence electrons. The van der Waals surface area contributed by atoms with Gasteiger partial charge in [0.25, 0.3) is 5.91 Å². The van der Waals surface area contributed by atoms with E-state index in [4.69, 9.17) is 16.0 Å². The number of rotatable bonds is 5. The first-order valence-electron chi connectivity index (χ1n) is 6.26. The maximum atomic E-state index is 12.3. The fourth-order valence-electron chi connectivity index (χ4n) is 2.08. The topological polar surface area (TPSA) is 33.5 Å². The summed E-state index contributed by atoms with van der Waals surface area (Å²) in [4.78, 5) is 14.3. The molecule has 0 N–H and O–H groups in total. The van der Waals surface area contributed by atoms with Gasteiger partial charge in [-0.15, -0.1) is 0 Å². The van der Waals surface area contributed by atoms with E-state index < -0.39 is 0 Å². The van der Waals surface area contributed by atoms with Gasteiger partial charge in [0.05, 0.1) is 11.8 Å². The zero-order valence-electron chi connectivity index (χ0n) is 9.69. The number of halogens is 1. The largest absolute Gasteiger partial charge is 0.452 e. The van der Waals surface area contributed by atoms with Crippen LogP contribution in [0.4, 0.5) is 0 Å². The lowest BCUT2D eigenvalue weighted by molar-refractivity contribution is 0.0739. The molecule has 0 atom stereocenters. The first-order chi connectivity index (χ1) is 8.24. The van der Waals surface area contributed by atoms with Gasteiger partial charge in [-0.1, -0.05) is 0 Å². The quantitative estimate of drug-likeness (QED) is 0.808. The maximum Gasteiger partial charge on any atom is 0.258 e. The molecule has 0 radical (unpaired) electrons. The van der Waals surface area contributed by atoms with Gasteiger partial charge in [0, 0.05) is 13.1 Å². The van der Waals surface area contributed by atoms with Crippen LogP contribution in [-0.2, 0) is 0 Å². The number of amides is 1. The molecule has 1 aromatic heterocycles. The second-order valence-electron chi connectivity index (χ2n) is 5.20. The van der Waals surface area contributed by atoms with Gasteiger partial charge in [0.2, 0.25) is 5.22 Å². The number of carbonyl (C=O) groups is 1. The Hall–Kier alpha value is -0.960. The average Bonchev–Trinajstić information content (AvgIpc) is 3.21. The van der Waals surface area contributed by atoms with Crippen LogP contribution in [0.5, 0.6) is 0 Å². The van der Waals surface area contributed by atoms with Crippen LogP contribution in [0.25, 0.3) is 0 Å². The van der Waals surface area contributed by atoms with E-state index in [0.717, 1.165) is 13.1 Å². The Morgan fingerprint density at radius 3 is 2.29 bits per heavy atom. The highest BCUT2D eigenvalue weighted by Crippen LogP contribution is 2.34. The van der Waals surface area contributed by atoms with Crippen molar-refractivity contribution in [3.05, 3.63) is 23.1 Å². The maximum absolute atomic E-state index is 12.3. The van der Waals surface area contributed by atoms with Gasteiger partial charge < -0.3 is 9.32 Å². The predicted octanol–water partition coefficient (Wildman–Crippen LogP) is 3.20. The molecule has 1 heterocycles. The molecule has 4 heteroatoms. The van der Waals surface area contributed by atoms with E-state index >= 15 is 0 Å². The van der Waals surface area contributed by atoms with Crippen LogP contribution in [-0.4, -0.2) is 23.9 Å². The second-order valence-corrected chi connectivity index (χ2v) is 5.55. The summed E-state index contributed by atoms with van der Waals surface area (Å²) >= 11 is 5.87. The molecule has 0 aliphatic heterocycles. The van der Waals surface area contributed by atoms with E-state index in [1.807, 2.05) is 4.90 Å². The van der Waals surface area contributed by atoms with E-state index in [-0.39, 0.29) is 11.1 Å². The summed E-state index contributed by atoms with van der Waals surface area (Å²) in [7, 11) is 0. The summed E-state index contributed by atoms with van der Waals surface area (Å²) in [6, 6.07) is 1.66. The van der Waals surface area contributed by atoms with E-state index in [2.05, 4.69) is 0 Å².